The van der Waals surface area contributed by atoms with Gasteiger partial charge in [0, 0.05) is 18.2 Å². The van der Waals surface area contributed by atoms with Crippen molar-refractivity contribution in [3.05, 3.63) is 71.1 Å². The molecule has 0 bridgehead atoms. The molecule has 1 N–H and O–H groups in total. The van der Waals surface area contributed by atoms with Crippen molar-refractivity contribution in [1.29, 1.82) is 0 Å². The van der Waals surface area contributed by atoms with E-state index in [1.807, 2.05) is 6.07 Å². The highest BCUT2D eigenvalue weighted by atomic mass is 19.1. The summed E-state index contributed by atoms with van der Waals surface area (Å²) in [5.74, 6) is -2.19. The van der Waals surface area contributed by atoms with Gasteiger partial charge < -0.3 is 14.4 Å². The molecule has 0 radical (unpaired) electrons. The second-order valence-corrected chi connectivity index (χ2v) is 6.03. The predicted molar refractivity (Wildman–Crippen MR) is 90.0 cm³/mol. The molecule has 0 unspecified atom stereocenters. The fourth-order valence-corrected chi connectivity index (χ4v) is 3.19. The van der Waals surface area contributed by atoms with E-state index in [1.165, 1.54) is 6.07 Å². The SMILES string of the molecule is O=C(O)c1nc(-c2ccccc2)oc1CN1CCc2cc(F)cc(F)c21. The Labute approximate surface area is 147 Å². The van der Waals surface area contributed by atoms with Crippen molar-refractivity contribution in [1.82, 2.24) is 4.98 Å². The van der Waals surface area contributed by atoms with Crippen LogP contribution >= 0.6 is 0 Å². The van der Waals surface area contributed by atoms with Gasteiger partial charge in [-0.15, -0.1) is 0 Å². The lowest BCUT2D eigenvalue weighted by Crippen LogP contribution is -2.21. The normalized spacial score (nSPS) is 13.1. The first-order chi connectivity index (χ1) is 12.5. The average molecular weight is 356 g/mol. The van der Waals surface area contributed by atoms with Gasteiger partial charge >= 0.3 is 5.97 Å². The number of oxazole rings is 1. The van der Waals surface area contributed by atoms with Crippen LogP contribution in [0.4, 0.5) is 14.5 Å². The minimum atomic E-state index is -1.22. The van der Waals surface area contributed by atoms with Gasteiger partial charge in [-0.2, -0.15) is 0 Å². The third-order valence-electron chi connectivity index (χ3n) is 4.33. The first-order valence-corrected chi connectivity index (χ1v) is 8.04. The van der Waals surface area contributed by atoms with Crippen LogP contribution in [-0.4, -0.2) is 22.6 Å². The predicted octanol–water partition coefficient (Wildman–Crippen LogP) is 3.88. The van der Waals surface area contributed by atoms with Crippen molar-refractivity contribution in [3.63, 3.8) is 0 Å². The lowest BCUT2D eigenvalue weighted by Gasteiger charge is -2.18. The van der Waals surface area contributed by atoms with Gasteiger partial charge in [0.1, 0.15) is 11.6 Å². The highest BCUT2D eigenvalue weighted by Crippen LogP contribution is 2.34. The maximum absolute atomic E-state index is 14.2. The molecule has 132 valence electrons. The minimum Gasteiger partial charge on any atom is -0.476 e. The molecule has 1 aliphatic rings. The molecular weight excluding hydrogens is 342 g/mol. The van der Waals surface area contributed by atoms with Crippen molar-refractivity contribution in [2.75, 3.05) is 11.4 Å². The zero-order chi connectivity index (χ0) is 18.3. The molecule has 0 atom stereocenters. The molecule has 0 spiro atoms. The van der Waals surface area contributed by atoms with Crippen LogP contribution in [0.5, 0.6) is 0 Å². The number of fused-ring (bicyclic) bond motifs is 1. The van der Waals surface area contributed by atoms with Gasteiger partial charge in [-0.3, -0.25) is 0 Å². The van der Waals surface area contributed by atoms with Gasteiger partial charge in [0.15, 0.2) is 11.5 Å². The van der Waals surface area contributed by atoms with Gasteiger partial charge in [0.25, 0.3) is 0 Å². The first-order valence-electron chi connectivity index (χ1n) is 8.04. The Kier molecular flexibility index (Phi) is 3.91. The lowest BCUT2D eigenvalue weighted by molar-refractivity contribution is 0.0689. The molecule has 5 nitrogen and oxygen atoms in total. The number of benzene rings is 2. The maximum atomic E-state index is 14.2. The summed E-state index contributed by atoms with van der Waals surface area (Å²) in [6, 6.07) is 11.1. The largest absolute Gasteiger partial charge is 0.476 e. The number of carboxylic acid groups (broad SMARTS) is 1. The lowest BCUT2D eigenvalue weighted by atomic mass is 10.1. The summed E-state index contributed by atoms with van der Waals surface area (Å²) in [5, 5.41) is 9.42. The Morgan fingerprint density at radius 1 is 1.23 bits per heavy atom. The molecule has 4 rings (SSSR count). The van der Waals surface area contributed by atoms with E-state index in [2.05, 4.69) is 4.98 Å². The Morgan fingerprint density at radius 3 is 2.73 bits per heavy atom. The van der Waals surface area contributed by atoms with Crippen LogP contribution in [0, 0.1) is 11.6 Å². The van der Waals surface area contributed by atoms with Crippen molar-refractivity contribution in [3.8, 4) is 11.5 Å². The number of carboxylic acids is 1. The quantitative estimate of drug-likeness (QED) is 0.768. The van der Waals surface area contributed by atoms with E-state index in [9.17, 15) is 18.7 Å². The molecular formula is C19H14F2N2O3. The monoisotopic (exact) mass is 356 g/mol. The number of carbonyl (C=O) groups is 1. The van der Waals surface area contributed by atoms with Crippen LogP contribution in [0.2, 0.25) is 0 Å². The molecule has 2 heterocycles. The van der Waals surface area contributed by atoms with E-state index in [1.54, 1.807) is 29.2 Å². The number of halogens is 2. The molecule has 7 heteroatoms. The third-order valence-corrected chi connectivity index (χ3v) is 4.33. The summed E-state index contributed by atoms with van der Waals surface area (Å²) in [7, 11) is 0. The van der Waals surface area contributed by atoms with E-state index in [0.717, 1.165) is 6.07 Å². The fraction of sp³-hybridized carbons (Fsp3) is 0.158. The second-order valence-electron chi connectivity index (χ2n) is 6.03. The molecule has 0 saturated carbocycles. The van der Waals surface area contributed by atoms with Crippen molar-refractivity contribution in [2.24, 2.45) is 0 Å². The van der Waals surface area contributed by atoms with Crippen LogP contribution in [0.1, 0.15) is 21.8 Å². The van der Waals surface area contributed by atoms with E-state index >= 15 is 0 Å². The Bertz CT molecular complexity index is 986. The van der Waals surface area contributed by atoms with Crippen molar-refractivity contribution < 1.29 is 23.1 Å². The number of hydrogen-bond acceptors (Lipinski definition) is 4. The summed E-state index contributed by atoms with van der Waals surface area (Å²) < 4.78 is 33.2. The Balaban J connectivity index is 1.70. The van der Waals surface area contributed by atoms with Gasteiger partial charge in [-0.25, -0.2) is 18.6 Å². The molecule has 0 saturated heterocycles. The summed E-state index contributed by atoms with van der Waals surface area (Å²) in [4.78, 5) is 17.2. The van der Waals surface area contributed by atoms with E-state index in [-0.39, 0.29) is 29.6 Å². The highest BCUT2D eigenvalue weighted by Gasteiger charge is 2.28. The second kappa shape index (κ2) is 6.25. The summed E-state index contributed by atoms with van der Waals surface area (Å²) in [5.41, 5.74) is 1.28. The molecule has 1 aliphatic heterocycles. The van der Waals surface area contributed by atoms with Crippen molar-refractivity contribution >= 4 is 11.7 Å². The van der Waals surface area contributed by atoms with E-state index in [0.29, 0.717) is 24.1 Å². The van der Waals surface area contributed by atoms with Crippen molar-refractivity contribution in [2.45, 2.75) is 13.0 Å². The zero-order valence-electron chi connectivity index (χ0n) is 13.6. The number of aromatic nitrogens is 1. The van der Waals surface area contributed by atoms with Crippen LogP contribution in [0.3, 0.4) is 0 Å². The number of anilines is 1. The topological polar surface area (TPSA) is 66.6 Å². The fourth-order valence-electron chi connectivity index (χ4n) is 3.19. The summed E-state index contributed by atoms with van der Waals surface area (Å²) in [6.45, 7) is 0.479. The molecule has 0 fully saturated rings. The minimum absolute atomic E-state index is 0.0387. The number of hydrogen-bond donors (Lipinski definition) is 1. The van der Waals surface area contributed by atoms with Crippen LogP contribution in [-0.2, 0) is 13.0 Å². The van der Waals surface area contributed by atoms with Crippen LogP contribution < -0.4 is 4.90 Å². The standard InChI is InChI=1S/C19H14F2N2O3/c20-13-8-12-6-7-23(17(12)14(21)9-13)10-15-16(19(24)25)22-18(26-15)11-4-2-1-3-5-11/h1-5,8-9H,6-7,10H2,(H,24,25). The zero-order valence-corrected chi connectivity index (χ0v) is 13.6. The van der Waals surface area contributed by atoms with Crippen LogP contribution in [0.15, 0.2) is 46.9 Å². The molecule has 0 aliphatic carbocycles. The number of aromatic carboxylic acids is 1. The Hall–Kier alpha value is -3.22. The van der Waals surface area contributed by atoms with Gasteiger partial charge in [0.05, 0.1) is 12.2 Å². The summed E-state index contributed by atoms with van der Waals surface area (Å²) in [6.07, 6.45) is 0.478. The highest BCUT2D eigenvalue weighted by molar-refractivity contribution is 5.87. The molecule has 26 heavy (non-hydrogen) atoms. The molecule has 2 aromatic carbocycles. The van der Waals surface area contributed by atoms with Gasteiger partial charge in [0.2, 0.25) is 5.89 Å². The van der Waals surface area contributed by atoms with Gasteiger partial charge in [-0.1, -0.05) is 18.2 Å². The van der Waals surface area contributed by atoms with E-state index in [4.69, 9.17) is 4.42 Å². The Morgan fingerprint density at radius 2 is 2.00 bits per heavy atom. The summed E-state index contributed by atoms with van der Waals surface area (Å²) >= 11 is 0. The maximum Gasteiger partial charge on any atom is 0.358 e. The van der Waals surface area contributed by atoms with Crippen LogP contribution in [0.25, 0.3) is 11.5 Å². The molecule has 0 amide bonds. The number of nitrogens with zero attached hydrogens (tertiary/aromatic N) is 2. The number of rotatable bonds is 4. The molecule has 1 aromatic heterocycles. The first kappa shape index (κ1) is 16.3. The average Bonchev–Trinajstić information content (AvgIpc) is 3.21. The third kappa shape index (κ3) is 2.81. The van der Waals surface area contributed by atoms with Gasteiger partial charge in [-0.05, 0) is 30.2 Å². The van der Waals surface area contributed by atoms with E-state index < -0.39 is 17.6 Å². The molecule has 3 aromatic rings. The smallest absolute Gasteiger partial charge is 0.358 e.